The van der Waals surface area contributed by atoms with Gasteiger partial charge in [0, 0.05) is 37.0 Å². The number of hydrogen-bond acceptors (Lipinski definition) is 3. The van der Waals surface area contributed by atoms with Crippen LogP contribution in [-0.4, -0.2) is 34.2 Å². The zero-order valence-corrected chi connectivity index (χ0v) is 19.0. The molecule has 1 heterocycles. The first-order chi connectivity index (χ1) is 14.7. The van der Waals surface area contributed by atoms with Gasteiger partial charge >= 0.3 is 0 Å². The number of fused-ring (bicyclic) bond motifs is 1. The summed E-state index contributed by atoms with van der Waals surface area (Å²) in [6.45, 7) is 6.04. The minimum Gasteiger partial charge on any atom is -0.339 e. The number of ketones is 1. The Morgan fingerprint density at radius 3 is 2.32 bits per heavy atom. The summed E-state index contributed by atoms with van der Waals surface area (Å²) in [5.41, 5.74) is 2.46. The van der Waals surface area contributed by atoms with Crippen LogP contribution in [-0.2, 0) is 6.42 Å². The minimum atomic E-state index is -0.333. The Labute approximate surface area is 184 Å². The summed E-state index contributed by atoms with van der Waals surface area (Å²) >= 11 is 0. The molecule has 0 bridgehead atoms. The van der Waals surface area contributed by atoms with Crippen LogP contribution in [0.1, 0.15) is 84.2 Å². The fourth-order valence-electron chi connectivity index (χ4n) is 5.07. The standard InChI is InChI=1S/C26H32N2O3/c1-17-10-12-19(13-11-17)28-16-21-20(14-26(2,3)15-22(21)29)23(25(28)31)24(30)27(4)18-8-6-5-7-9-18/h10-13,16,18H,5-9,14-15H2,1-4H3. The van der Waals surface area contributed by atoms with Crippen molar-refractivity contribution in [2.75, 3.05) is 7.05 Å². The molecule has 2 aromatic rings. The summed E-state index contributed by atoms with van der Waals surface area (Å²) in [6, 6.07) is 7.74. The molecule has 5 heteroatoms. The van der Waals surface area contributed by atoms with Crippen LogP contribution in [0.15, 0.2) is 35.3 Å². The van der Waals surface area contributed by atoms with Gasteiger partial charge < -0.3 is 4.90 Å². The van der Waals surface area contributed by atoms with Gasteiger partial charge in [-0.25, -0.2) is 0 Å². The quantitative estimate of drug-likeness (QED) is 0.723. The number of aryl methyl sites for hydroxylation is 1. The molecule has 164 valence electrons. The van der Waals surface area contributed by atoms with Crippen molar-refractivity contribution in [3.05, 3.63) is 63.1 Å². The fraction of sp³-hybridized carbons (Fsp3) is 0.500. The lowest BCUT2D eigenvalue weighted by atomic mass is 9.73. The second kappa shape index (κ2) is 8.10. The third-order valence-corrected chi connectivity index (χ3v) is 6.88. The van der Waals surface area contributed by atoms with Crippen molar-refractivity contribution in [1.29, 1.82) is 0 Å². The lowest BCUT2D eigenvalue weighted by Crippen LogP contribution is -2.43. The lowest BCUT2D eigenvalue weighted by Gasteiger charge is -2.34. The molecular formula is C26H32N2O3. The summed E-state index contributed by atoms with van der Waals surface area (Å²) in [4.78, 5) is 42.2. The third-order valence-electron chi connectivity index (χ3n) is 6.88. The van der Waals surface area contributed by atoms with E-state index in [2.05, 4.69) is 0 Å². The van der Waals surface area contributed by atoms with E-state index in [1.807, 2.05) is 52.1 Å². The first-order valence-corrected chi connectivity index (χ1v) is 11.3. The highest BCUT2D eigenvalue weighted by molar-refractivity contribution is 6.04. The number of benzene rings is 1. The van der Waals surface area contributed by atoms with Crippen molar-refractivity contribution in [1.82, 2.24) is 9.47 Å². The molecule has 31 heavy (non-hydrogen) atoms. The Balaban J connectivity index is 1.89. The number of Topliss-reactive ketones (excluding diaryl/α,β-unsaturated/α-hetero) is 1. The molecule has 0 saturated heterocycles. The molecule has 0 spiro atoms. The Morgan fingerprint density at radius 2 is 1.68 bits per heavy atom. The number of nitrogens with zero attached hydrogens (tertiary/aromatic N) is 2. The zero-order chi connectivity index (χ0) is 22.3. The Hall–Kier alpha value is -2.69. The van der Waals surface area contributed by atoms with Crippen molar-refractivity contribution >= 4 is 11.7 Å². The second-order valence-corrected chi connectivity index (χ2v) is 10.1. The summed E-state index contributed by atoms with van der Waals surface area (Å²) in [7, 11) is 1.81. The molecule has 4 rings (SSSR count). The number of carbonyl (C=O) groups excluding carboxylic acids is 2. The highest BCUT2D eigenvalue weighted by Crippen LogP contribution is 2.36. The maximum absolute atomic E-state index is 13.7. The number of carbonyl (C=O) groups is 2. The Kier molecular flexibility index (Phi) is 5.63. The molecule has 0 unspecified atom stereocenters. The van der Waals surface area contributed by atoms with E-state index >= 15 is 0 Å². The van der Waals surface area contributed by atoms with Crippen molar-refractivity contribution < 1.29 is 9.59 Å². The van der Waals surface area contributed by atoms with Crippen molar-refractivity contribution in [3.8, 4) is 5.69 Å². The maximum Gasteiger partial charge on any atom is 0.268 e. The molecule has 0 N–H and O–H groups in total. The van der Waals surface area contributed by atoms with Crippen molar-refractivity contribution in [3.63, 3.8) is 0 Å². The SMILES string of the molecule is Cc1ccc(-n2cc3c(c(C(=O)N(C)C4CCCCC4)c2=O)CC(C)(C)CC3=O)cc1. The molecule has 1 amide bonds. The summed E-state index contributed by atoms with van der Waals surface area (Å²) in [5.74, 6) is -0.249. The van der Waals surface area contributed by atoms with E-state index in [4.69, 9.17) is 0 Å². The lowest BCUT2D eigenvalue weighted by molar-refractivity contribution is 0.0691. The maximum atomic E-state index is 13.7. The summed E-state index contributed by atoms with van der Waals surface area (Å²) < 4.78 is 1.48. The van der Waals surface area contributed by atoms with E-state index in [9.17, 15) is 14.4 Å². The minimum absolute atomic E-state index is 0.00137. The van der Waals surface area contributed by atoms with E-state index < -0.39 is 0 Å². The molecule has 1 saturated carbocycles. The summed E-state index contributed by atoms with van der Waals surface area (Å²) in [5, 5.41) is 0. The first-order valence-electron chi connectivity index (χ1n) is 11.3. The van der Waals surface area contributed by atoms with Gasteiger partial charge in [0.05, 0.1) is 0 Å². The fourth-order valence-corrected chi connectivity index (χ4v) is 5.07. The average molecular weight is 421 g/mol. The van der Waals surface area contributed by atoms with Crippen LogP contribution >= 0.6 is 0 Å². The predicted octanol–water partition coefficient (Wildman–Crippen LogP) is 4.71. The van der Waals surface area contributed by atoms with Gasteiger partial charge in [-0.05, 0) is 49.3 Å². The molecule has 0 atom stereocenters. The number of rotatable bonds is 3. The number of amides is 1. The van der Waals surface area contributed by atoms with E-state index in [0.717, 1.165) is 31.2 Å². The van der Waals surface area contributed by atoms with Gasteiger partial charge in [0.25, 0.3) is 11.5 Å². The highest BCUT2D eigenvalue weighted by Gasteiger charge is 2.37. The molecular weight excluding hydrogens is 388 g/mol. The van der Waals surface area contributed by atoms with Gasteiger partial charge in [-0.1, -0.05) is 50.8 Å². The zero-order valence-electron chi connectivity index (χ0n) is 19.0. The molecule has 0 aliphatic heterocycles. The smallest absolute Gasteiger partial charge is 0.268 e. The van der Waals surface area contributed by atoms with Crippen LogP contribution in [0.3, 0.4) is 0 Å². The van der Waals surface area contributed by atoms with Crippen molar-refractivity contribution in [2.24, 2.45) is 5.41 Å². The normalized spacial score (nSPS) is 18.5. The first kappa shape index (κ1) is 21.5. The van der Waals surface area contributed by atoms with Gasteiger partial charge in [0.15, 0.2) is 5.78 Å². The molecule has 2 aliphatic rings. The van der Waals surface area contributed by atoms with Crippen LogP contribution < -0.4 is 5.56 Å². The van der Waals surface area contributed by atoms with Gasteiger partial charge in [-0.2, -0.15) is 0 Å². The largest absolute Gasteiger partial charge is 0.339 e. The Morgan fingerprint density at radius 1 is 1.03 bits per heavy atom. The molecule has 1 aromatic heterocycles. The second-order valence-electron chi connectivity index (χ2n) is 10.1. The topological polar surface area (TPSA) is 59.4 Å². The molecule has 5 nitrogen and oxygen atoms in total. The summed E-state index contributed by atoms with van der Waals surface area (Å²) in [6.07, 6.45) is 7.96. The predicted molar refractivity (Wildman–Crippen MR) is 122 cm³/mol. The van der Waals surface area contributed by atoms with Crippen LogP contribution in [0, 0.1) is 12.3 Å². The van der Waals surface area contributed by atoms with Gasteiger partial charge in [-0.15, -0.1) is 0 Å². The van der Waals surface area contributed by atoms with Crippen LogP contribution in [0.5, 0.6) is 0 Å². The van der Waals surface area contributed by atoms with Gasteiger partial charge in [0.2, 0.25) is 0 Å². The highest BCUT2D eigenvalue weighted by atomic mass is 16.2. The van der Waals surface area contributed by atoms with Crippen LogP contribution in [0.4, 0.5) is 0 Å². The molecule has 1 aromatic carbocycles. The number of hydrogen-bond donors (Lipinski definition) is 0. The average Bonchev–Trinajstić information content (AvgIpc) is 2.73. The van der Waals surface area contributed by atoms with Crippen LogP contribution in [0.25, 0.3) is 5.69 Å². The van der Waals surface area contributed by atoms with Gasteiger partial charge in [0.1, 0.15) is 5.56 Å². The number of aromatic nitrogens is 1. The van der Waals surface area contributed by atoms with Crippen LogP contribution in [0.2, 0.25) is 0 Å². The molecule has 0 radical (unpaired) electrons. The van der Waals surface area contributed by atoms with E-state index in [0.29, 0.717) is 29.7 Å². The number of pyridine rings is 1. The third kappa shape index (κ3) is 4.10. The Bertz CT molecular complexity index is 1070. The monoisotopic (exact) mass is 420 g/mol. The van der Waals surface area contributed by atoms with Crippen molar-refractivity contribution in [2.45, 2.75) is 71.8 Å². The molecule has 1 fully saturated rings. The van der Waals surface area contributed by atoms with Gasteiger partial charge in [-0.3, -0.25) is 19.0 Å². The van der Waals surface area contributed by atoms with E-state index in [1.54, 1.807) is 11.1 Å². The van der Waals surface area contributed by atoms with E-state index in [-0.39, 0.29) is 34.3 Å². The molecule has 2 aliphatic carbocycles. The van der Waals surface area contributed by atoms with E-state index in [1.165, 1.54) is 11.0 Å².